The van der Waals surface area contributed by atoms with E-state index in [1.54, 1.807) is 31.2 Å². The molecule has 1 heterocycles. The first-order chi connectivity index (χ1) is 11.1. The Morgan fingerprint density at radius 1 is 1.09 bits per heavy atom. The van der Waals surface area contributed by atoms with Gasteiger partial charge >= 0.3 is 5.97 Å². The van der Waals surface area contributed by atoms with E-state index in [2.05, 4.69) is 10.2 Å². The normalized spacial score (nSPS) is 11.9. The highest BCUT2D eigenvalue weighted by atomic mass is 35.5. The van der Waals surface area contributed by atoms with Crippen molar-refractivity contribution in [1.82, 2.24) is 10.2 Å². The predicted molar refractivity (Wildman–Crippen MR) is 85.0 cm³/mol. The zero-order chi connectivity index (χ0) is 16.2. The topological polar surface area (TPSA) is 65.2 Å². The Labute approximate surface area is 137 Å². The molecule has 0 spiro atoms. The zero-order valence-corrected chi connectivity index (χ0v) is 13.0. The average Bonchev–Trinajstić information content (AvgIpc) is 3.06. The van der Waals surface area contributed by atoms with Gasteiger partial charge in [-0.1, -0.05) is 41.9 Å². The quantitative estimate of drug-likeness (QED) is 0.668. The number of nitrogens with zero attached hydrogens (tertiary/aromatic N) is 2. The number of aromatic nitrogens is 2. The Morgan fingerprint density at radius 2 is 1.78 bits per heavy atom. The number of hydrogen-bond donors (Lipinski definition) is 0. The molecule has 0 radical (unpaired) electrons. The molecule has 0 saturated heterocycles. The number of carbonyl (C=O) groups excluding carboxylic acids is 1. The Balaban J connectivity index is 1.74. The van der Waals surface area contributed by atoms with E-state index in [9.17, 15) is 4.79 Å². The first-order valence-electron chi connectivity index (χ1n) is 6.99. The van der Waals surface area contributed by atoms with Gasteiger partial charge in [-0.15, -0.1) is 10.2 Å². The molecule has 0 aliphatic rings. The van der Waals surface area contributed by atoms with Gasteiger partial charge < -0.3 is 9.15 Å². The third-order valence-electron chi connectivity index (χ3n) is 3.19. The summed E-state index contributed by atoms with van der Waals surface area (Å²) in [5.41, 5.74) is 1.10. The van der Waals surface area contributed by atoms with E-state index in [-0.39, 0.29) is 5.89 Å². The van der Waals surface area contributed by atoms with Crippen molar-refractivity contribution in [2.24, 2.45) is 0 Å². The molecule has 23 heavy (non-hydrogen) atoms. The monoisotopic (exact) mass is 328 g/mol. The molecule has 3 aromatic rings. The second-order valence-electron chi connectivity index (χ2n) is 4.84. The van der Waals surface area contributed by atoms with Crippen LogP contribution in [-0.2, 0) is 4.74 Å². The molecule has 0 N–H and O–H groups in total. The molecule has 0 aliphatic carbocycles. The van der Waals surface area contributed by atoms with Gasteiger partial charge in [0.1, 0.15) is 0 Å². The largest absolute Gasteiger partial charge is 0.449 e. The maximum Gasteiger partial charge on any atom is 0.340 e. The van der Waals surface area contributed by atoms with E-state index < -0.39 is 12.1 Å². The summed E-state index contributed by atoms with van der Waals surface area (Å²) in [6.45, 7) is 1.66. The SMILES string of the molecule is C[C@H](OC(=O)c1ccccc1Cl)c1nnc(-c2ccccc2)o1. The van der Waals surface area contributed by atoms with Crippen molar-refractivity contribution >= 4 is 17.6 Å². The number of carbonyl (C=O) groups is 1. The minimum atomic E-state index is -0.677. The fourth-order valence-electron chi connectivity index (χ4n) is 2.00. The van der Waals surface area contributed by atoms with Gasteiger partial charge in [0.2, 0.25) is 5.89 Å². The molecule has 0 bridgehead atoms. The smallest absolute Gasteiger partial charge is 0.340 e. The summed E-state index contributed by atoms with van der Waals surface area (Å²) in [7, 11) is 0. The van der Waals surface area contributed by atoms with E-state index in [0.29, 0.717) is 16.5 Å². The lowest BCUT2D eigenvalue weighted by molar-refractivity contribution is 0.0280. The van der Waals surface area contributed by atoms with Gasteiger partial charge in [0, 0.05) is 5.56 Å². The van der Waals surface area contributed by atoms with E-state index in [0.717, 1.165) is 5.56 Å². The average molecular weight is 329 g/mol. The van der Waals surface area contributed by atoms with Gasteiger partial charge in [0.25, 0.3) is 5.89 Å². The zero-order valence-electron chi connectivity index (χ0n) is 12.3. The Hall–Kier alpha value is -2.66. The van der Waals surface area contributed by atoms with Crippen molar-refractivity contribution in [1.29, 1.82) is 0 Å². The standard InChI is InChI=1S/C17H13ClN2O3/c1-11(22-17(21)13-9-5-6-10-14(13)18)15-19-20-16(23-15)12-7-3-2-4-8-12/h2-11H,1H3/t11-/m0/s1. The molecule has 0 fully saturated rings. The summed E-state index contributed by atoms with van der Waals surface area (Å²) in [5, 5.41) is 8.24. The van der Waals surface area contributed by atoms with Crippen LogP contribution < -0.4 is 0 Å². The summed E-state index contributed by atoms with van der Waals surface area (Å²) in [6.07, 6.45) is -0.677. The van der Waals surface area contributed by atoms with Crippen molar-refractivity contribution in [2.45, 2.75) is 13.0 Å². The highest BCUT2D eigenvalue weighted by Crippen LogP contribution is 2.24. The third kappa shape index (κ3) is 3.40. The number of rotatable bonds is 4. The minimum Gasteiger partial charge on any atom is -0.449 e. The molecular formula is C17H13ClN2O3. The molecule has 2 aromatic carbocycles. The number of benzene rings is 2. The molecular weight excluding hydrogens is 316 g/mol. The van der Waals surface area contributed by atoms with Gasteiger partial charge in [0.05, 0.1) is 10.6 Å². The maximum atomic E-state index is 12.1. The van der Waals surface area contributed by atoms with E-state index >= 15 is 0 Å². The van der Waals surface area contributed by atoms with Crippen LogP contribution in [0.1, 0.15) is 29.3 Å². The number of esters is 1. The van der Waals surface area contributed by atoms with Crippen LogP contribution in [0.2, 0.25) is 5.02 Å². The lowest BCUT2D eigenvalue weighted by Gasteiger charge is -2.10. The number of halogens is 1. The second-order valence-corrected chi connectivity index (χ2v) is 5.25. The molecule has 5 nitrogen and oxygen atoms in total. The fraction of sp³-hybridized carbons (Fsp3) is 0.118. The van der Waals surface area contributed by atoms with Crippen LogP contribution in [0.15, 0.2) is 59.0 Å². The van der Waals surface area contributed by atoms with E-state index in [1.165, 1.54) is 0 Å². The first-order valence-corrected chi connectivity index (χ1v) is 7.37. The van der Waals surface area contributed by atoms with E-state index in [4.69, 9.17) is 20.8 Å². The van der Waals surface area contributed by atoms with Gasteiger partial charge in [-0.2, -0.15) is 0 Å². The molecule has 6 heteroatoms. The summed E-state index contributed by atoms with van der Waals surface area (Å²) in [4.78, 5) is 12.1. The maximum absolute atomic E-state index is 12.1. The molecule has 0 saturated carbocycles. The lowest BCUT2D eigenvalue weighted by atomic mass is 10.2. The van der Waals surface area contributed by atoms with Crippen LogP contribution in [0.25, 0.3) is 11.5 Å². The summed E-state index contributed by atoms with van der Waals surface area (Å²) >= 11 is 5.98. The summed E-state index contributed by atoms with van der Waals surface area (Å²) in [6, 6.07) is 16.0. The van der Waals surface area contributed by atoms with Crippen LogP contribution >= 0.6 is 11.6 Å². The van der Waals surface area contributed by atoms with Gasteiger partial charge in [-0.25, -0.2) is 4.79 Å². The summed E-state index contributed by atoms with van der Waals surface area (Å²) in [5.74, 6) is 0.0630. The van der Waals surface area contributed by atoms with Gasteiger partial charge in [0.15, 0.2) is 6.10 Å². The van der Waals surface area contributed by atoms with Crippen molar-refractivity contribution in [3.63, 3.8) is 0 Å². The van der Waals surface area contributed by atoms with Crippen LogP contribution in [0, 0.1) is 0 Å². The van der Waals surface area contributed by atoms with Crippen LogP contribution in [-0.4, -0.2) is 16.2 Å². The summed E-state index contributed by atoms with van der Waals surface area (Å²) < 4.78 is 10.9. The van der Waals surface area contributed by atoms with Crippen LogP contribution in [0.4, 0.5) is 0 Å². The molecule has 1 aromatic heterocycles. The van der Waals surface area contributed by atoms with Gasteiger partial charge in [-0.05, 0) is 31.2 Å². The Morgan fingerprint density at radius 3 is 2.52 bits per heavy atom. The molecule has 1 atom stereocenters. The molecule has 0 unspecified atom stereocenters. The highest BCUT2D eigenvalue weighted by molar-refractivity contribution is 6.33. The van der Waals surface area contributed by atoms with Crippen molar-refractivity contribution < 1.29 is 13.9 Å². The number of hydrogen-bond acceptors (Lipinski definition) is 5. The molecule has 3 rings (SSSR count). The lowest BCUT2D eigenvalue weighted by Crippen LogP contribution is -2.10. The van der Waals surface area contributed by atoms with Crippen LogP contribution in [0.5, 0.6) is 0 Å². The Kier molecular flexibility index (Phi) is 4.39. The fourth-order valence-corrected chi connectivity index (χ4v) is 2.21. The first kappa shape index (κ1) is 15.2. The van der Waals surface area contributed by atoms with Gasteiger partial charge in [-0.3, -0.25) is 0 Å². The van der Waals surface area contributed by atoms with Crippen molar-refractivity contribution in [3.8, 4) is 11.5 Å². The molecule has 0 amide bonds. The highest BCUT2D eigenvalue weighted by Gasteiger charge is 2.21. The Bertz CT molecular complexity index is 817. The van der Waals surface area contributed by atoms with Crippen molar-refractivity contribution in [2.75, 3.05) is 0 Å². The van der Waals surface area contributed by atoms with Crippen LogP contribution in [0.3, 0.4) is 0 Å². The second kappa shape index (κ2) is 6.62. The minimum absolute atomic E-state index is 0.226. The molecule has 0 aliphatic heterocycles. The molecule has 116 valence electrons. The number of ether oxygens (including phenoxy) is 1. The van der Waals surface area contributed by atoms with Crippen molar-refractivity contribution in [3.05, 3.63) is 71.1 Å². The van der Waals surface area contributed by atoms with E-state index in [1.807, 2.05) is 30.3 Å². The third-order valence-corrected chi connectivity index (χ3v) is 3.52. The predicted octanol–water partition coefficient (Wildman–Crippen LogP) is 4.31.